The van der Waals surface area contributed by atoms with Crippen molar-refractivity contribution in [3.05, 3.63) is 53.9 Å². The molecule has 2 rings (SSSR count). The Bertz CT molecular complexity index is 578. The maximum atomic E-state index is 12.4. The molecule has 4 nitrogen and oxygen atoms in total. The molecule has 1 unspecified atom stereocenters. The summed E-state index contributed by atoms with van der Waals surface area (Å²) in [7, 11) is 1.36. The fourth-order valence-corrected chi connectivity index (χ4v) is 1.95. The van der Waals surface area contributed by atoms with E-state index in [2.05, 4.69) is 9.72 Å². The Balaban J connectivity index is 2.19. The summed E-state index contributed by atoms with van der Waals surface area (Å²) in [5.41, 5.74) is 1.37. The summed E-state index contributed by atoms with van der Waals surface area (Å²) in [6.45, 7) is -2.95. The molecule has 0 radical (unpaired) electrons. The van der Waals surface area contributed by atoms with Crippen LogP contribution in [0.25, 0.3) is 0 Å². The van der Waals surface area contributed by atoms with Crippen molar-refractivity contribution >= 4 is 0 Å². The standard InChI is InChI=1S/C15H15F2NO3/c1-20-13-3-2-11(9-14(13)21-15(16)17)12(19)8-10-4-6-18-7-5-10/h2-7,9,12,15,19H,8H2,1H3. The molecule has 0 spiro atoms. The zero-order chi connectivity index (χ0) is 15.2. The first-order chi connectivity index (χ1) is 10.1. The lowest BCUT2D eigenvalue weighted by Gasteiger charge is -2.15. The molecule has 1 heterocycles. The average molecular weight is 295 g/mol. The van der Waals surface area contributed by atoms with Crippen molar-refractivity contribution in [2.24, 2.45) is 0 Å². The maximum absolute atomic E-state index is 12.4. The van der Waals surface area contributed by atoms with Gasteiger partial charge in [-0.15, -0.1) is 0 Å². The highest BCUT2D eigenvalue weighted by Gasteiger charge is 2.15. The van der Waals surface area contributed by atoms with Crippen molar-refractivity contribution in [3.63, 3.8) is 0 Å². The summed E-state index contributed by atoms with van der Waals surface area (Å²) >= 11 is 0. The van der Waals surface area contributed by atoms with E-state index in [0.717, 1.165) is 5.56 Å². The summed E-state index contributed by atoms with van der Waals surface area (Å²) in [4.78, 5) is 3.89. The van der Waals surface area contributed by atoms with Crippen LogP contribution in [-0.2, 0) is 6.42 Å². The molecule has 0 saturated carbocycles. The zero-order valence-corrected chi connectivity index (χ0v) is 11.4. The molecule has 0 saturated heterocycles. The number of ether oxygens (including phenoxy) is 2. The molecule has 1 aromatic heterocycles. The molecule has 2 aromatic rings. The summed E-state index contributed by atoms with van der Waals surface area (Å²) in [5.74, 6) is 0.0916. The quantitative estimate of drug-likeness (QED) is 0.890. The van der Waals surface area contributed by atoms with Gasteiger partial charge in [0.25, 0.3) is 0 Å². The second-order valence-electron chi connectivity index (χ2n) is 4.36. The van der Waals surface area contributed by atoms with Crippen LogP contribution in [0.15, 0.2) is 42.7 Å². The second-order valence-corrected chi connectivity index (χ2v) is 4.36. The number of hydrogen-bond acceptors (Lipinski definition) is 4. The number of nitrogens with zero attached hydrogens (tertiary/aromatic N) is 1. The third-order valence-electron chi connectivity index (χ3n) is 2.97. The van der Waals surface area contributed by atoms with Crippen molar-refractivity contribution in [1.82, 2.24) is 4.98 Å². The van der Waals surface area contributed by atoms with Crippen LogP contribution in [0.3, 0.4) is 0 Å². The van der Waals surface area contributed by atoms with Crippen molar-refractivity contribution in [2.45, 2.75) is 19.1 Å². The highest BCUT2D eigenvalue weighted by molar-refractivity contribution is 5.43. The minimum absolute atomic E-state index is 0.0984. The first-order valence-electron chi connectivity index (χ1n) is 6.30. The number of aliphatic hydroxyl groups excluding tert-OH is 1. The van der Waals surface area contributed by atoms with Gasteiger partial charge < -0.3 is 14.6 Å². The Hall–Kier alpha value is -2.21. The van der Waals surface area contributed by atoms with E-state index in [1.54, 1.807) is 30.6 Å². The van der Waals surface area contributed by atoms with E-state index >= 15 is 0 Å². The van der Waals surface area contributed by atoms with Gasteiger partial charge in [-0.3, -0.25) is 4.98 Å². The molecule has 112 valence electrons. The molecule has 0 bridgehead atoms. The van der Waals surface area contributed by atoms with Gasteiger partial charge in [0, 0.05) is 18.8 Å². The Morgan fingerprint density at radius 1 is 1.14 bits per heavy atom. The molecule has 21 heavy (non-hydrogen) atoms. The van der Waals surface area contributed by atoms with Crippen LogP contribution in [0.4, 0.5) is 8.78 Å². The van der Waals surface area contributed by atoms with E-state index in [1.165, 1.54) is 19.2 Å². The number of pyridine rings is 1. The molecular formula is C15H15F2NO3. The first kappa shape index (κ1) is 15.2. The minimum Gasteiger partial charge on any atom is -0.493 e. The third-order valence-corrected chi connectivity index (χ3v) is 2.97. The van der Waals surface area contributed by atoms with E-state index in [1.807, 2.05) is 0 Å². The Morgan fingerprint density at radius 2 is 1.86 bits per heavy atom. The Kier molecular flexibility index (Phi) is 5.05. The molecular weight excluding hydrogens is 280 g/mol. The predicted octanol–water partition coefficient (Wildman–Crippen LogP) is 2.97. The third kappa shape index (κ3) is 4.13. The molecule has 0 amide bonds. The van der Waals surface area contributed by atoms with Gasteiger partial charge in [0.15, 0.2) is 11.5 Å². The summed E-state index contributed by atoms with van der Waals surface area (Å²) in [6.07, 6.45) is 2.77. The molecule has 1 atom stereocenters. The van der Waals surface area contributed by atoms with Crippen LogP contribution in [0.2, 0.25) is 0 Å². The SMILES string of the molecule is COc1ccc(C(O)Cc2ccncc2)cc1OC(F)F. The highest BCUT2D eigenvalue weighted by Crippen LogP contribution is 2.32. The van der Waals surface area contributed by atoms with Gasteiger partial charge in [-0.05, 0) is 35.4 Å². The number of methoxy groups -OCH3 is 1. The normalized spacial score (nSPS) is 12.2. The smallest absolute Gasteiger partial charge is 0.387 e. The molecule has 0 aliphatic rings. The maximum Gasteiger partial charge on any atom is 0.387 e. The van der Waals surface area contributed by atoms with Crippen molar-refractivity contribution < 1.29 is 23.4 Å². The molecule has 0 fully saturated rings. The highest BCUT2D eigenvalue weighted by atomic mass is 19.3. The fourth-order valence-electron chi connectivity index (χ4n) is 1.95. The Labute approximate surface area is 121 Å². The molecule has 1 aromatic carbocycles. The van der Waals surface area contributed by atoms with Crippen molar-refractivity contribution in [3.8, 4) is 11.5 Å². The van der Waals surface area contributed by atoms with Crippen LogP contribution in [0, 0.1) is 0 Å². The summed E-state index contributed by atoms with van der Waals surface area (Å²) in [6, 6.07) is 8.02. The fraction of sp³-hybridized carbons (Fsp3) is 0.267. The Morgan fingerprint density at radius 3 is 2.48 bits per heavy atom. The van der Waals surface area contributed by atoms with Crippen molar-refractivity contribution in [2.75, 3.05) is 7.11 Å². The average Bonchev–Trinajstić information content (AvgIpc) is 2.47. The van der Waals surface area contributed by atoms with Gasteiger partial charge in [0.05, 0.1) is 13.2 Å². The van der Waals surface area contributed by atoms with E-state index in [0.29, 0.717) is 12.0 Å². The number of halogens is 2. The predicted molar refractivity (Wildman–Crippen MR) is 72.5 cm³/mol. The number of aliphatic hydroxyl groups is 1. The van der Waals surface area contributed by atoms with Crippen LogP contribution >= 0.6 is 0 Å². The second kappa shape index (κ2) is 6.99. The topological polar surface area (TPSA) is 51.6 Å². The van der Waals surface area contributed by atoms with Gasteiger partial charge >= 0.3 is 6.61 Å². The molecule has 6 heteroatoms. The lowest BCUT2D eigenvalue weighted by molar-refractivity contribution is -0.0513. The number of alkyl halides is 2. The number of rotatable bonds is 6. The van der Waals surface area contributed by atoms with Crippen LogP contribution in [0.5, 0.6) is 11.5 Å². The van der Waals surface area contributed by atoms with Gasteiger partial charge in [-0.2, -0.15) is 8.78 Å². The van der Waals surface area contributed by atoms with Crippen LogP contribution in [0.1, 0.15) is 17.2 Å². The lowest BCUT2D eigenvalue weighted by Crippen LogP contribution is -2.06. The zero-order valence-electron chi connectivity index (χ0n) is 11.4. The van der Waals surface area contributed by atoms with Gasteiger partial charge in [-0.25, -0.2) is 0 Å². The van der Waals surface area contributed by atoms with Crippen molar-refractivity contribution in [1.29, 1.82) is 0 Å². The lowest BCUT2D eigenvalue weighted by atomic mass is 10.0. The first-order valence-corrected chi connectivity index (χ1v) is 6.30. The monoisotopic (exact) mass is 295 g/mol. The largest absolute Gasteiger partial charge is 0.493 e. The van der Waals surface area contributed by atoms with Crippen LogP contribution < -0.4 is 9.47 Å². The van der Waals surface area contributed by atoms with Crippen LogP contribution in [-0.4, -0.2) is 23.8 Å². The number of benzene rings is 1. The molecule has 0 aliphatic heterocycles. The van der Waals surface area contributed by atoms with E-state index < -0.39 is 12.7 Å². The molecule has 1 N–H and O–H groups in total. The molecule has 0 aliphatic carbocycles. The summed E-state index contributed by atoms with van der Waals surface area (Å²) in [5, 5.41) is 10.2. The minimum atomic E-state index is -2.95. The van der Waals surface area contributed by atoms with E-state index in [-0.39, 0.29) is 11.5 Å². The van der Waals surface area contributed by atoms with Gasteiger partial charge in [-0.1, -0.05) is 6.07 Å². The number of hydrogen-bond donors (Lipinski definition) is 1. The number of aromatic nitrogens is 1. The van der Waals surface area contributed by atoms with Gasteiger partial charge in [0.1, 0.15) is 0 Å². The van der Waals surface area contributed by atoms with E-state index in [9.17, 15) is 13.9 Å². The van der Waals surface area contributed by atoms with Gasteiger partial charge in [0.2, 0.25) is 0 Å². The summed E-state index contributed by atoms with van der Waals surface area (Å²) < 4.78 is 34.1. The van der Waals surface area contributed by atoms with E-state index in [4.69, 9.17) is 4.74 Å².